The lowest BCUT2D eigenvalue weighted by atomic mass is 10.1. The molecule has 0 spiro atoms. The van der Waals surface area contributed by atoms with Gasteiger partial charge in [0.1, 0.15) is 6.04 Å². The predicted molar refractivity (Wildman–Crippen MR) is 86.0 cm³/mol. The summed E-state index contributed by atoms with van der Waals surface area (Å²) in [5.41, 5.74) is 0. The molecule has 21 heavy (non-hydrogen) atoms. The average Bonchev–Trinajstić information content (AvgIpc) is 2.63. The topological polar surface area (TPSA) is 49.4 Å². The lowest BCUT2D eigenvalue weighted by molar-refractivity contribution is -0.136. The molecule has 0 bridgehead atoms. The quantitative estimate of drug-likeness (QED) is 0.664. The molecule has 1 atom stereocenters. The minimum absolute atomic E-state index is 0.0391. The van der Waals surface area contributed by atoms with Crippen LogP contribution in [0.15, 0.2) is 0 Å². The maximum atomic E-state index is 12.5. The third-order valence-electron chi connectivity index (χ3n) is 4.15. The summed E-state index contributed by atoms with van der Waals surface area (Å²) in [6.45, 7) is 5.99. The van der Waals surface area contributed by atoms with E-state index in [1.165, 1.54) is 6.42 Å². The van der Waals surface area contributed by atoms with E-state index >= 15 is 0 Å². The average molecular weight is 296 g/mol. The van der Waals surface area contributed by atoms with E-state index in [0.29, 0.717) is 6.42 Å². The highest BCUT2D eigenvalue weighted by Gasteiger charge is 2.27. The van der Waals surface area contributed by atoms with Crippen molar-refractivity contribution in [3.05, 3.63) is 0 Å². The van der Waals surface area contributed by atoms with Crippen molar-refractivity contribution in [2.24, 2.45) is 0 Å². The molecule has 1 heterocycles. The van der Waals surface area contributed by atoms with Crippen LogP contribution in [-0.2, 0) is 9.59 Å². The van der Waals surface area contributed by atoms with Crippen LogP contribution in [0.1, 0.15) is 78.1 Å². The van der Waals surface area contributed by atoms with Crippen molar-refractivity contribution < 1.29 is 9.59 Å². The second-order valence-corrected chi connectivity index (χ2v) is 6.11. The van der Waals surface area contributed by atoms with E-state index in [1.807, 2.05) is 4.90 Å². The molecule has 4 heteroatoms. The van der Waals surface area contributed by atoms with Gasteiger partial charge in [0.25, 0.3) is 0 Å². The van der Waals surface area contributed by atoms with Gasteiger partial charge in [-0.15, -0.1) is 0 Å². The number of nitrogens with one attached hydrogen (secondary N) is 1. The minimum Gasteiger partial charge on any atom is -0.344 e. The summed E-state index contributed by atoms with van der Waals surface area (Å²) < 4.78 is 0. The summed E-state index contributed by atoms with van der Waals surface area (Å²) in [6.07, 6.45) is 9.93. The number of nitrogens with zero attached hydrogens (tertiary/aromatic N) is 1. The van der Waals surface area contributed by atoms with Gasteiger partial charge < -0.3 is 10.2 Å². The molecule has 2 amide bonds. The summed E-state index contributed by atoms with van der Waals surface area (Å²) in [5, 5.41) is 2.96. The molecule has 0 saturated carbocycles. The summed E-state index contributed by atoms with van der Waals surface area (Å²) in [5.74, 6) is 0.171. The van der Waals surface area contributed by atoms with Crippen LogP contribution < -0.4 is 5.32 Å². The third-order valence-corrected chi connectivity index (χ3v) is 4.15. The Morgan fingerprint density at radius 2 is 1.86 bits per heavy atom. The maximum absolute atomic E-state index is 12.5. The molecule has 0 aliphatic carbocycles. The van der Waals surface area contributed by atoms with Crippen molar-refractivity contribution in [2.75, 3.05) is 13.1 Å². The normalized spacial score (nSPS) is 19.4. The summed E-state index contributed by atoms with van der Waals surface area (Å²) in [4.78, 5) is 26.4. The van der Waals surface area contributed by atoms with Crippen LogP contribution in [-0.4, -0.2) is 35.8 Å². The molecule has 0 aromatic heterocycles. The smallest absolute Gasteiger partial charge is 0.245 e. The Kier molecular flexibility index (Phi) is 9.11. The highest BCUT2D eigenvalue weighted by Crippen LogP contribution is 2.14. The fraction of sp³-hybridized carbons (Fsp3) is 0.882. The number of carbonyl (C=O) groups is 2. The molecule has 4 nitrogen and oxygen atoms in total. The molecule has 0 aromatic carbocycles. The molecule has 122 valence electrons. The third kappa shape index (κ3) is 6.96. The first-order valence-corrected chi connectivity index (χ1v) is 8.77. The van der Waals surface area contributed by atoms with E-state index in [0.717, 1.165) is 64.5 Å². The van der Waals surface area contributed by atoms with Crippen LogP contribution in [0.3, 0.4) is 0 Å². The first-order chi connectivity index (χ1) is 10.2. The fourth-order valence-electron chi connectivity index (χ4n) is 2.82. The highest BCUT2D eigenvalue weighted by atomic mass is 16.2. The number of unbranched alkanes of at least 4 members (excludes halogenated alkanes) is 4. The number of rotatable bonds is 9. The van der Waals surface area contributed by atoms with Gasteiger partial charge in [-0.2, -0.15) is 0 Å². The highest BCUT2D eigenvalue weighted by molar-refractivity contribution is 5.87. The zero-order valence-corrected chi connectivity index (χ0v) is 13.8. The SMILES string of the molecule is CCCCCC(=O)NC1CCCCN(CCCCC)C1=O. The van der Waals surface area contributed by atoms with Gasteiger partial charge in [0, 0.05) is 19.5 Å². The summed E-state index contributed by atoms with van der Waals surface area (Å²) in [7, 11) is 0. The molecular formula is C17H32N2O2. The lowest BCUT2D eigenvalue weighted by Crippen LogP contribution is -2.47. The second kappa shape index (κ2) is 10.6. The Morgan fingerprint density at radius 1 is 1.14 bits per heavy atom. The van der Waals surface area contributed by atoms with Gasteiger partial charge in [0.15, 0.2) is 0 Å². The first kappa shape index (κ1) is 18.0. The molecular weight excluding hydrogens is 264 g/mol. The van der Waals surface area contributed by atoms with E-state index in [4.69, 9.17) is 0 Å². The molecule has 1 rings (SSSR count). The molecule has 1 fully saturated rings. The number of amides is 2. The van der Waals surface area contributed by atoms with Crippen molar-refractivity contribution in [1.82, 2.24) is 10.2 Å². The summed E-state index contributed by atoms with van der Waals surface area (Å²) >= 11 is 0. The van der Waals surface area contributed by atoms with Crippen LogP contribution in [0.5, 0.6) is 0 Å². The maximum Gasteiger partial charge on any atom is 0.245 e. The zero-order chi connectivity index (χ0) is 15.5. The van der Waals surface area contributed by atoms with E-state index in [1.54, 1.807) is 0 Å². The van der Waals surface area contributed by atoms with Gasteiger partial charge in [0.2, 0.25) is 11.8 Å². The minimum atomic E-state index is -0.289. The van der Waals surface area contributed by atoms with Crippen LogP contribution >= 0.6 is 0 Å². The Balaban J connectivity index is 2.43. The van der Waals surface area contributed by atoms with Crippen LogP contribution in [0.25, 0.3) is 0 Å². The van der Waals surface area contributed by atoms with Crippen molar-refractivity contribution in [2.45, 2.75) is 84.1 Å². The van der Waals surface area contributed by atoms with Crippen LogP contribution in [0.2, 0.25) is 0 Å². The van der Waals surface area contributed by atoms with Gasteiger partial charge in [-0.05, 0) is 32.1 Å². The van der Waals surface area contributed by atoms with Gasteiger partial charge >= 0.3 is 0 Å². The van der Waals surface area contributed by atoms with Crippen molar-refractivity contribution in [3.63, 3.8) is 0 Å². The van der Waals surface area contributed by atoms with E-state index < -0.39 is 0 Å². The Bertz CT molecular complexity index is 318. The van der Waals surface area contributed by atoms with Crippen LogP contribution in [0.4, 0.5) is 0 Å². The number of carbonyl (C=O) groups excluding carboxylic acids is 2. The lowest BCUT2D eigenvalue weighted by Gasteiger charge is -2.25. The van der Waals surface area contributed by atoms with E-state index in [2.05, 4.69) is 19.2 Å². The molecule has 1 aliphatic rings. The Morgan fingerprint density at radius 3 is 2.57 bits per heavy atom. The fourth-order valence-corrected chi connectivity index (χ4v) is 2.82. The van der Waals surface area contributed by atoms with Gasteiger partial charge in [-0.25, -0.2) is 0 Å². The van der Waals surface area contributed by atoms with Crippen LogP contribution in [0, 0.1) is 0 Å². The molecule has 0 aromatic rings. The van der Waals surface area contributed by atoms with E-state index in [-0.39, 0.29) is 17.9 Å². The predicted octanol–water partition coefficient (Wildman–Crippen LogP) is 3.25. The molecule has 0 radical (unpaired) electrons. The van der Waals surface area contributed by atoms with Crippen molar-refractivity contribution >= 4 is 11.8 Å². The Labute approximate surface area is 129 Å². The number of hydrogen-bond acceptors (Lipinski definition) is 2. The standard InChI is InChI=1S/C17H32N2O2/c1-3-5-7-12-16(20)18-15-11-8-10-14-19(17(15)21)13-9-6-4-2/h15H,3-14H2,1-2H3,(H,18,20). The molecule has 1 N–H and O–H groups in total. The number of hydrogen-bond donors (Lipinski definition) is 1. The largest absolute Gasteiger partial charge is 0.344 e. The van der Waals surface area contributed by atoms with Gasteiger partial charge in [-0.3, -0.25) is 9.59 Å². The monoisotopic (exact) mass is 296 g/mol. The molecule has 1 aliphatic heterocycles. The van der Waals surface area contributed by atoms with E-state index in [9.17, 15) is 9.59 Å². The van der Waals surface area contributed by atoms with Crippen molar-refractivity contribution in [3.8, 4) is 0 Å². The van der Waals surface area contributed by atoms with Gasteiger partial charge in [-0.1, -0.05) is 39.5 Å². The molecule has 1 unspecified atom stereocenters. The van der Waals surface area contributed by atoms with Crippen molar-refractivity contribution in [1.29, 1.82) is 0 Å². The Hall–Kier alpha value is -1.06. The zero-order valence-electron chi connectivity index (χ0n) is 13.8. The number of likely N-dealkylation sites (tertiary alicyclic amines) is 1. The first-order valence-electron chi connectivity index (χ1n) is 8.77. The second-order valence-electron chi connectivity index (χ2n) is 6.11. The summed E-state index contributed by atoms with van der Waals surface area (Å²) in [6, 6.07) is -0.289. The molecule has 1 saturated heterocycles. The van der Waals surface area contributed by atoms with Gasteiger partial charge in [0.05, 0.1) is 0 Å².